The van der Waals surface area contributed by atoms with Gasteiger partial charge in [-0.2, -0.15) is 26.3 Å². The second-order valence-electron chi connectivity index (χ2n) is 10.8. The number of fused-ring (bicyclic) bond motifs is 2. The van der Waals surface area contributed by atoms with Crippen molar-refractivity contribution in [3.8, 4) is 11.3 Å². The zero-order chi connectivity index (χ0) is 29.1. The lowest BCUT2D eigenvalue weighted by molar-refractivity contribution is -0.138. The number of halogens is 6. The van der Waals surface area contributed by atoms with E-state index in [0.29, 0.717) is 37.0 Å². The zero-order valence-corrected chi connectivity index (χ0v) is 21.5. The van der Waals surface area contributed by atoms with Gasteiger partial charge < -0.3 is 19.3 Å². The van der Waals surface area contributed by atoms with E-state index in [4.69, 9.17) is 9.26 Å². The van der Waals surface area contributed by atoms with Crippen molar-refractivity contribution in [1.82, 2.24) is 10.1 Å². The Kier molecular flexibility index (Phi) is 6.74. The molecule has 1 aromatic carbocycles. The maximum atomic E-state index is 13.8. The highest BCUT2D eigenvalue weighted by molar-refractivity contribution is 5.89. The molecule has 1 aliphatic carbocycles. The Balaban J connectivity index is 1.22. The van der Waals surface area contributed by atoms with Crippen LogP contribution in [0.5, 0.6) is 0 Å². The van der Waals surface area contributed by atoms with E-state index < -0.39 is 35.0 Å². The number of pyridine rings is 1. The lowest BCUT2D eigenvalue weighted by Gasteiger charge is -2.40. The molecule has 41 heavy (non-hydrogen) atoms. The number of carboxylic acid groups (broad SMARTS) is 1. The van der Waals surface area contributed by atoms with Crippen LogP contribution in [0.15, 0.2) is 41.1 Å². The van der Waals surface area contributed by atoms with Crippen LogP contribution in [0.4, 0.5) is 32.2 Å². The second-order valence-corrected chi connectivity index (χ2v) is 10.8. The number of piperidine rings is 1. The summed E-state index contributed by atoms with van der Waals surface area (Å²) in [6.45, 7) is -0.00918. The fourth-order valence-corrected chi connectivity index (χ4v) is 6.11. The molecule has 1 saturated carbocycles. The molecule has 6 rings (SSSR count). The van der Waals surface area contributed by atoms with Gasteiger partial charge in [-0.3, -0.25) is 0 Å². The largest absolute Gasteiger partial charge is 0.478 e. The summed E-state index contributed by atoms with van der Waals surface area (Å²) in [5.41, 5.74) is -2.47. The summed E-state index contributed by atoms with van der Waals surface area (Å²) in [6, 6.07) is 5.61. The molecule has 4 heterocycles. The Morgan fingerprint density at radius 3 is 2.27 bits per heavy atom. The number of anilines is 1. The number of benzene rings is 1. The second kappa shape index (κ2) is 10.0. The number of aromatic nitrogens is 2. The van der Waals surface area contributed by atoms with E-state index in [0.717, 1.165) is 31.2 Å². The maximum absolute atomic E-state index is 13.8. The molecule has 7 nitrogen and oxygen atoms in total. The van der Waals surface area contributed by atoms with E-state index in [1.165, 1.54) is 18.2 Å². The minimum absolute atomic E-state index is 0.00918. The summed E-state index contributed by atoms with van der Waals surface area (Å²) < 4.78 is 93.8. The molecule has 1 N–H and O–H groups in total. The summed E-state index contributed by atoms with van der Waals surface area (Å²) in [5, 5.41) is 13.2. The van der Waals surface area contributed by atoms with E-state index >= 15 is 0 Å². The molecule has 0 amide bonds. The molecule has 218 valence electrons. The number of hydrogen-bond acceptors (Lipinski definition) is 6. The van der Waals surface area contributed by atoms with E-state index in [1.54, 1.807) is 4.90 Å². The monoisotopic (exact) mass is 581 g/mol. The van der Waals surface area contributed by atoms with Crippen molar-refractivity contribution < 1.29 is 45.5 Å². The average Bonchev–Trinajstić information content (AvgIpc) is 3.61. The van der Waals surface area contributed by atoms with Crippen LogP contribution in [0, 0.1) is 0 Å². The molecule has 0 spiro atoms. The third-order valence-electron chi connectivity index (χ3n) is 8.10. The topological polar surface area (TPSA) is 88.7 Å². The molecular formula is C28H25F6N3O4. The smallest absolute Gasteiger partial charge is 0.417 e. The number of ether oxygens (including phenoxy) is 1. The molecule has 2 bridgehead atoms. The number of carbonyl (C=O) groups is 1. The average molecular weight is 582 g/mol. The number of alkyl halides is 6. The van der Waals surface area contributed by atoms with Crippen LogP contribution < -0.4 is 4.90 Å². The molecule has 2 atom stereocenters. The molecule has 0 radical (unpaired) electrons. The standard InChI is InChI=1S/C28H25F6N3O4/c29-27(30,31)21-4-2-1-3-18(21)24-20(25(41-36-24)14-5-6-14)13-40-17-9-15-7-8-16(10-17)37(15)23-11-22(28(32,33)34)19(12-35-23)26(38)39/h1-4,11-12,14-17H,5-10,13H2,(H,38,39). The highest BCUT2D eigenvalue weighted by Crippen LogP contribution is 2.47. The summed E-state index contributed by atoms with van der Waals surface area (Å²) in [7, 11) is 0. The highest BCUT2D eigenvalue weighted by Gasteiger charge is 2.44. The van der Waals surface area contributed by atoms with Gasteiger partial charge in [0.05, 0.1) is 29.4 Å². The Morgan fingerprint density at radius 1 is 1.00 bits per heavy atom. The van der Waals surface area contributed by atoms with Crippen molar-refractivity contribution in [1.29, 1.82) is 0 Å². The molecule has 2 aliphatic heterocycles. The maximum Gasteiger partial charge on any atom is 0.417 e. The van der Waals surface area contributed by atoms with Crippen LogP contribution in [-0.4, -0.2) is 39.4 Å². The van der Waals surface area contributed by atoms with Gasteiger partial charge in [-0.05, 0) is 50.7 Å². The lowest BCUT2D eigenvalue weighted by atomic mass is 9.98. The summed E-state index contributed by atoms with van der Waals surface area (Å²) in [5.74, 6) is -1.04. The van der Waals surface area contributed by atoms with Gasteiger partial charge in [0.1, 0.15) is 17.3 Å². The van der Waals surface area contributed by atoms with Crippen LogP contribution >= 0.6 is 0 Å². The number of carboxylic acids is 1. The van der Waals surface area contributed by atoms with Gasteiger partial charge in [0.2, 0.25) is 0 Å². The molecule has 2 unspecified atom stereocenters. The van der Waals surface area contributed by atoms with Gasteiger partial charge in [-0.1, -0.05) is 23.4 Å². The van der Waals surface area contributed by atoms with E-state index in [9.17, 15) is 36.2 Å². The number of nitrogens with zero attached hydrogens (tertiary/aromatic N) is 3. The van der Waals surface area contributed by atoms with Crippen molar-refractivity contribution in [2.45, 2.75) is 81.6 Å². The Labute approximate surface area is 230 Å². The zero-order valence-electron chi connectivity index (χ0n) is 21.5. The molecule has 3 fully saturated rings. The SMILES string of the molecule is O=C(O)c1cnc(N2C3CCC2CC(OCc2c(-c4ccccc4C(F)(F)F)noc2C2CC2)C3)cc1C(F)(F)F. The van der Waals surface area contributed by atoms with Crippen molar-refractivity contribution in [3.05, 3.63) is 64.5 Å². The molecule has 3 aromatic rings. The normalized spacial score (nSPS) is 22.8. The first-order valence-electron chi connectivity index (χ1n) is 13.3. The molecule has 2 aromatic heterocycles. The lowest BCUT2D eigenvalue weighted by Crippen LogP contribution is -2.46. The number of hydrogen-bond donors (Lipinski definition) is 1. The quantitative estimate of drug-likeness (QED) is 0.299. The highest BCUT2D eigenvalue weighted by atomic mass is 19.4. The van der Waals surface area contributed by atoms with E-state index in [-0.39, 0.29) is 47.8 Å². The Bertz CT molecular complexity index is 1450. The van der Waals surface area contributed by atoms with Gasteiger partial charge in [0, 0.05) is 35.3 Å². The molecule has 13 heteroatoms. The Morgan fingerprint density at radius 2 is 1.66 bits per heavy atom. The first-order valence-corrected chi connectivity index (χ1v) is 13.3. The minimum atomic E-state index is -4.85. The Hall–Kier alpha value is -3.61. The van der Waals surface area contributed by atoms with Gasteiger partial charge in [-0.15, -0.1) is 0 Å². The van der Waals surface area contributed by atoms with Gasteiger partial charge in [0.25, 0.3) is 0 Å². The van der Waals surface area contributed by atoms with Crippen molar-refractivity contribution in [2.75, 3.05) is 4.90 Å². The molecular weight excluding hydrogens is 556 g/mol. The van der Waals surface area contributed by atoms with Crippen LogP contribution in [0.2, 0.25) is 0 Å². The predicted molar refractivity (Wildman–Crippen MR) is 132 cm³/mol. The van der Waals surface area contributed by atoms with Gasteiger partial charge >= 0.3 is 18.3 Å². The number of rotatable bonds is 7. The summed E-state index contributed by atoms with van der Waals surface area (Å²) >= 11 is 0. The fraction of sp³-hybridized carbons (Fsp3) is 0.464. The minimum Gasteiger partial charge on any atom is -0.478 e. The van der Waals surface area contributed by atoms with Crippen molar-refractivity contribution in [2.24, 2.45) is 0 Å². The third-order valence-corrected chi connectivity index (χ3v) is 8.10. The van der Waals surface area contributed by atoms with Crippen molar-refractivity contribution in [3.63, 3.8) is 0 Å². The first-order chi connectivity index (χ1) is 19.4. The third kappa shape index (κ3) is 5.27. The van der Waals surface area contributed by atoms with Crippen LogP contribution in [0.3, 0.4) is 0 Å². The van der Waals surface area contributed by atoms with Crippen molar-refractivity contribution >= 4 is 11.8 Å². The van der Waals surface area contributed by atoms with Crippen LogP contribution in [0.25, 0.3) is 11.3 Å². The summed E-state index contributed by atoms with van der Waals surface area (Å²) in [6.07, 6.45) is -4.97. The van der Waals surface area contributed by atoms with Crippen LogP contribution in [0.1, 0.15) is 77.3 Å². The van der Waals surface area contributed by atoms with E-state index in [2.05, 4.69) is 10.1 Å². The van der Waals surface area contributed by atoms with Crippen LogP contribution in [-0.2, 0) is 23.7 Å². The predicted octanol–water partition coefficient (Wildman–Crippen LogP) is 7.07. The molecule has 3 aliphatic rings. The fourth-order valence-electron chi connectivity index (χ4n) is 6.11. The number of aromatic carboxylic acids is 1. The van der Waals surface area contributed by atoms with E-state index in [1.807, 2.05) is 0 Å². The van der Waals surface area contributed by atoms with Gasteiger partial charge in [0.15, 0.2) is 0 Å². The summed E-state index contributed by atoms with van der Waals surface area (Å²) in [4.78, 5) is 17.2. The molecule has 2 saturated heterocycles. The van der Waals surface area contributed by atoms with Gasteiger partial charge in [-0.25, -0.2) is 9.78 Å². The first kappa shape index (κ1) is 27.6.